The molecule has 1 aliphatic heterocycles. The molecule has 1 fully saturated rings. The van der Waals surface area contributed by atoms with E-state index >= 15 is 0 Å². The summed E-state index contributed by atoms with van der Waals surface area (Å²) in [7, 11) is 0. The number of hydrogen-bond acceptors (Lipinski definition) is 6. The van der Waals surface area contributed by atoms with Crippen LogP contribution in [0.3, 0.4) is 0 Å². The van der Waals surface area contributed by atoms with Crippen molar-refractivity contribution in [2.24, 2.45) is 5.92 Å². The van der Waals surface area contributed by atoms with Gasteiger partial charge in [0.05, 0.1) is 19.3 Å². The van der Waals surface area contributed by atoms with Crippen LogP contribution in [-0.4, -0.2) is 43.5 Å². The topological polar surface area (TPSA) is 81.7 Å². The van der Waals surface area contributed by atoms with Crippen LogP contribution in [0.2, 0.25) is 0 Å². The van der Waals surface area contributed by atoms with Crippen molar-refractivity contribution in [3.8, 4) is 0 Å². The number of Topliss-reactive ketones (excluding diaryl/α,β-unsaturated/α-hetero) is 1. The summed E-state index contributed by atoms with van der Waals surface area (Å²) < 4.78 is 51.0. The second-order valence-corrected chi connectivity index (χ2v) is 6.38. The first-order valence-corrected chi connectivity index (χ1v) is 9.02. The summed E-state index contributed by atoms with van der Waals surface area (Å²) in [5.41, 5.74) is -0.421. The van der Waals surface area contributed by atoms with Crippen LogP contribution in [-0.2, 0) is 23.9 Å². The van der Waals surface area contributed by atoms with Crippen molar-refractivity contribution in [3.05, 3.63) is 35.1 Å². The highest BCUT2D eigenvalue weighted by Gasteiger charge is 2.38. The molecule has 1 saturated heterocycles. The molecular weight excluding hydrogens is 379 g/mol. The number of ketones is 1. The van der Waals surface area contributed by atoms with Gasteiger partial charge in [-0.3, -0.25) is 14.4 Å². The number of ether oxygens (including phenoxy) is 2. The minimum Gasteiger partial charge on any atom is -0.465 e. The number of hydrogen-bond donors (Lipinski definition) is 1. The third kappa shape index (κ3) is 4.89. The lowest BCUT2D eigenvalue weighted by molar-refractivity contribution is -0.163. The number of carbonyl (C=O) groups is 3. The van der Waals surface area contributed by atoms with Crippen LogP contribution in [0.5, 0.6) is 0 Å². The van der Waals surface area contributed by atoms with Gasteiger partial charge in [0.15, 0.2) is 23.3 Å². The Morgan fingerprint density at radius 3 is 2.21 bits per heavy atom. The lowest BCUT2D eigenvalue weighted by Gasteiger charge is -2.16. The molecule has 9 heteroatoms. The Balaban J connectivity index is 2.10. The maximum atomic E-state index is 14.0. The molecule has 28 heavy (non-hydrogen) atoms. The number of esters is 2. The minimum absolute atomic E-state index is 0.00843. The summed E-state index contributed by atoms with van der Waals surface area (Å²) in [4.78, 5) is 36.5. The van der Waals surface area contributed by atoms with E-state index in [9.17, 15) is 27.6 Å². The average molecular weight is 401 g/mol. The second kappa shape index (κ2) is 9.68. The van der Waals surface area contributed by atoms with Gasteiger partial charge in [0.1, 0.15) is 5.82 Å². The summed E-state index contributed by atoms with van der Waals surface area (Å²) in [6.07, 6.45) is -0.454. The Hall–Kier alpha value is -2.42. The van der Waals surface area contributed by atoms with Crippen molar-refractivity contribution in [1.82, 2.24) is 5.32 Å². The molecule has 2 atom stereocenters. The van der Waals surface area contributed by atoms with Crippen LogP contribution in [0, 0.1) is 23.4 Å². The molecule has 0 amide bonds. The Labute approximate surface area is 160 Å². The normalized spacial score (nSPS) is 18.9. The van der Waals surface area contributed by atoms with Crippen molar-refractivity contribution in [1.29, 1.82) is 0 Å². The van der Waals surface area contributed by atoms with E-state index in [1.807, 2.05) is 0 Å². The summed E-state index contributed by atoms with van der Waals surface area (Å²) in [6.45, 7) is 3.24. The van der Waals surface area contributed by atoms with Crippen molar-refractivity contribution >= 4 is 17.7 Å². The average Bonchev–Trinajstić information content (AvgIpc) is 3.13. The first-order chi connectivity index (χ1) is 13.3. The highest BCUT2D eigenvalue weighted by atomic mass is 19.2. The summed E-state index contributed by atoms with van der Waals surface area (Å²) in [6, 6.07) is 0.696. The minimum atomic E-state index is -1.41. The van der Waals surface area contributed by atoms with Crippen LogP contribution in [0.15, 0.2) is 12.1 Å². The third-order valence-electron chi connectivity index (χ3n) is 4.55. The van der Waals surface area contributed by atoms with Crippen LogP contribution in [0.4, 0.5) is 13.2 Å². The zero-order chi connectivity index (χ0) is 20.8. The van der Waals surface area contributed by atoms with Gasteiger partial charge in [0.25, 0.3) is 0 Å². The lowest BCUT2D eigenvalue weighted by Crippen LogP contribution is -2.37. The fourth-order valence-corrected chi connectivity index (χ4v) is 3.21. The molecule has 1 aromatic rings. The maximum absolute atomic E-state index is 14.0. The molecule has 0 aromatic heterocycles. The Kier molecular flexibility index (Phi) is 7.56. The Morgan fingerprint density at radius 1 is 1.07 bits per heavy atom. The van der Waals surface area contributed by atoms with E-state index in [4.69, 9.17) is 9.47 Å². The zero-order valence-corrected chi connectivity index (χ0v) is 15.6. The highest BCUT2D eigenvalue weighted by Crippen LogP contribution is 2.32. The van der Waals surface area contributed by atoms with Gasteiger partial charge in [-0.2, -0.15) is 0 Å². The number of rotatable bonds is 8. The summed E-state index contributed by atoms with van der Waals surface area (Å²) in [5.74, 6) is -7.74. The molecule has 1 heterocycles. The largest absolute Gasteiger partial charge is 0.465 e. The monoisotopic (exact) mass is 401 g/mol. The number of nitrogens with one attached hydrogen (secondary N) is 1. The van der Waals surface area contributed by atoms with Gasteiger partial charge in [0, 0.05) is 24.4 Å². The van der Waals surface area contributed by atoms with E-state index in [0.717, 1.165) is 6.07 Å². The zero-order valence-electron chi connectivity index (χ0n) is 15.6. The molecule has 1 unspecified atom stereocenters. The van der Waals surface area contributed by atoms with Crippen molar-refractivity contribution in [2.75, 3.05) is 19.8 Å². The molecule has 2 rings (SSSR count). The summed E-state index contributed by atoms with van der Waals surface area (Å²) >= 11 is 0. The Morgan fingerprint density at radius 2 is 1.64 bits per heavy atom. The molecule has 0 bridgehead atoms. The van der Waals surface area contributed by atoms with Gasteiger partial charge >= 0.3 is 11.9 Å². The van der Waals surface area contributed by atoms with Crippen LogP contribution >= 0.6 is 0 Å². The van der Waals surface area contributed by atoms with Crippen molar-refractivity contribution < 1.29 is 37.0 Å². The molecule has 6 nitrogen and oxygen atoms in total. The molecular formula is C19H22F3NO5. The smallest absolute Gasteiger partial charge is 0.320 e. The molecule has 1 aliphatic rings. The standard InChI is InChI=1S/C19H22F3NO5/c1-3-27-18(25)11(19(26)28-4-2)8-15(24)14-7-10(9-23-14)16-12(20)5-6-13(21)17(16)22/h5-6,10-11,14,23H,3-4,7-9H2,1-2H3/t10-,14?/m0/s1. The van der Waals surface area contributed by atoms with Crippen LogP contribution in [0.1, 0.15) is 38.2 Å². The van der Waals surface area contributed by atoms with Gasteiger partial charge < -0.3 is 14.8 Å². The van der Waals surface area contributed by atoms with Crippen LogP contribution < -0.4 is 5.32 Å². The van der Waals surface area contributed by atoms with Crippen molar-refractivity contribution in [3.63, 3.8) is 0 Å². The molecule has 0 saturated carbocycles. The van der Waals surface area contributed by atoms with E-state index < -0.39 is 65.0 Å². The van der Waals surface area contributed by atoms with E-state index in [2.05, 4.69) is 5.32 Å². The fraction of sp³-hybridized carbons (Fsp3) is 0.526. The quantitative estimate of drug-likeness (QED) is 0.409. The van der Waals surface area contributed by atoms with Crippen molar-refractivity contribution in [2.45, 2.75) is 38.6 Å². The predicted molar refractivity (Wildman–Crippen MR) is 91.8 cm³/mol. The van der Waals surface area contributed by atoms with E-state index in [-0.39, 0.29) is 26.2 Å². The number of halogens is 3. The van der Waals surface area contributed by atoms with Gasteiger partial charge in [-0.15, -0.1) is 0 Å². The molecule has 154 valence electrons. The fourth-order valence-electron chi connectivity index (χ4n) is 3.21. The van der Waals surface area contributed by atoms with E-state index in [0.29, 0.717) is 6.07 Å². The number of carbonyl (C=O) groups excluding carboxylic acids is 3. The first kappa shape index (κ1) is 21.9. The van der Waals surface area contributed by atoms with E-state index in [1.54, 1.807) is 13.8 Å². The molecule has 1 N–H and O–H groups in total. The first-order valence-electron chi connectivity index (χ1n) is 9.02. The van der Waals surface area contributed by atoms with Gasteiger partial charge in [-0.25, -0.2) is 13.2 Å². The van der Waals surface area contributed by atoms with Gasteiger partial charge in [0.2, 0.25) is 0 Å². The maximum Gasteiger partial charge on any atom is 0.320 e. The van der Waals surface area contributed by atoms with E-state index in [1.165, 1.54) is 0 Å². The molecule has 0 aliphatic carbocycles. The summed E-state index contributed by atoms with van der Waals surface area (Å²) in [5, 5.41) is 2.82. The second-order valence-electron chi connectivity index (χ2n) is 6.38. The SMILES string of the molecule is CCOC(=O)C(CC(=O)C1C[C@H](c2c(F)ccc(F)c2F)CN1)C(=O)OCC. The molecule has 0 radical (unpaired) electrons. The highest BCUT2D eigenvalue weighted by molar-refractivity contribution is 6.00. The molecule has 0 spiro atoms. The number of benzene rings is 1. The van der Waals surface area contributed by atoms with Crippen LogP contribution in [0.25, 0.3) is 0 Å². The van der Waals surface area contributed by atoms with Gasteiger partial charge in [-0.05, 0) is 32.4 Å². The third-order valence-corrected chi connectivity index (χ3v) is 4.55. The van der Waals surface area contributed by atoms with Gasteiger partial charge in [-0.1, -0.05) is 0 Å². The predicted octanol–water partition coefficient (Wildman–Crippen LogP) is 2.25. The Bertz CT molecular complexity index is 737. The lowest BCUT2D eigenvalue weighted by atomic mass is 9.91. The molecule has 1 aromatic carbocycles.